The normalized spacial score (nSPS) is 10.7. The molecule has 2 heterocycles. The third-order valence-corrected chi connectivity index (χ3v) is 5.13. The number of benzene rings is 1. The van der Waals surface area contributed by atoms with Crippen LogP contribution in [0.25, 0.3) is 11.4 Å². The second-order valence-corrected chi connectivity index (χ2v) is 7.39. The maximum Gasteiger partial charge on any atom is 0.234 e. The van der Waals surface area contributed by atoms with Crippen molar-refractivity contribution in [1.82, 2.24) is 19.7 Å². The fourth-order valence-corrected chi connectivity index (χ4v) is 3.38. The van der Waals surface area contributed by atoms with Crippen LogP contribution in [0.4, 0.5) is 5.69 Å². The Morgan fingerprint density at radius 1 is 1.19 bits per heavy atom. The Kier molecular flexibility index (Phi) is 6.97. The average molecular weight is 448 g/mol. The molecule has 1 N–H and O–H groups in total. The van der Waals surface area contributed by atoms with Crippen LogP contribution in [0.3, 0.4) is 0 Å². The van der Waals surface area contributed by atoms with Gasteiger partial charge in [-0.25, -0.2) is 0 Å². The van der Waals surface area contributed by atoms with E-state index in [4.69, 9.17) is 4.74 Å². The molecule has 0 aliphatic carbocycles. The summed E-state index contributed by atoms with van der Waals surface area (Å²) < 4.78 is 8.11. The lowest BCUT2D eigenvalue weighted by molar-refractivity contribution is -0.113. The van der Waals surface area contributed by atoms with Gasteiger partial charge in [-0.2, -0.15) is 0 Å². The van der Waals surface area contributed by atoms with Crippen molar-refractivity contribution in [3.05, 3.63) is 53.3 Å². The second kappa shape index (κ2) is 9.63. The van der Waals surface area contributed by atoms with Crippen molar-refractivity contribution in [1.29, 1.82) is 0 Å². The highest BCUT2D eigenvalue weighted by Gasteiger charge is 2.15. The summed E-state index contributed by atoms with van der Waals surface area (Å²) in [5.74, 6) is 0.858. The first-order valence-electron chi connectivity index (χ1n) is 8.18. The molecule has 27 heavy (non-hydrogen) atoms. The van der Waals surface area contributed by atoms with Crippen molar-refractivity contribution in [3.8, 4) is 11.4 Å². The molecule has 0 radical (unpaired) electrons. The van der Waals surface area contributed by atoms with Crippen LogP contribution in [-0.2, 0) is 16.1 Å². The first-order chi connectivity index (χ1) is 13.2. The van der Waals surface area contributed by atoms with Crippen molar-refractivity contribution in [2.45, 2.75) is 11.7 Å². The van der Waals surface area contributed by atoms with E-state index in [0.29, 0.717) is 18.3 Å². The number of carbonyl (C=O) groups excluding carboxylic acids is 1. The van der Waals surface area contributed by atoms with E-state index in [0.717, 1.165) is 21.5 Å². The number of carbonyl (C=O) groups is 1. The van der Waals surface area contributed by atoms with E-state index in [9.17, 15) is 4.79 Å². The molecule has 1 amide bonds. The second-order valence-electron chi connectivity index (χ2n) is 5.53. The van der Waals surface area contributed by atoms with Crippen LogP contribution < -0.4 is 5.32 Å². The third kappa shape index (κ3) is 5.38. The van der Waals surface area contributed by atoms with Crippen LogP contribution in [0.1, 0.15) is 0 Å². The highest BCUT2D eigenvalue weighted by atomic mass is 79.9. The monoisotopic (exact) mass is 447 g/mol. The van der Waals surface area contributed by atoms with Gasteiger partial charge < -0.3 is 10.1 Å². The minimum absolute atomic E-state index is 0.103. The van der Waals surface area contributed by atoms with Gasteiger partial charge in [-0.05, 0) is 36.4 Å². The summed E-state index contributed by atoms with van der Waals surface area (Å²) in [7, 11) is 1.65. The van der Waals surface area contributed by atoms with Gasteiger partial charge in [-0.3, -0.25) is 14.3 Å². The maximum atomic E-state index is 12.2. The number of hydrogen-bond acceptors (Lipinski definition) is 6. The van der Waals surface area contributed by atoms with E-state index in [1.54, 1.807) is 19.5 Å². The van der Waals surface area contributed by atoms with Crippen LogP contribution in [0.2, 0.25) is 0 Å². The zero-order valence-corrected chi connectivity index (χ0v) is 17.0. The van der Waals surface area contributed by atoms with E-state index in [-0.39, 0.29) is 11.7 Å². The Morgan fingerprint density at radius 3 is 2.63 bits per heavy atom. The Labute approximate surface area is 169 Å². The predicted molar refractivity (Wildman–Crippen MR) is 109 cm³/mol. The summed E-state index contributed by atoms with van der Waals surface area (Å²) in [5, 5.41) is 12.1. The molecule has 9 heteroatoms. The van der Waals surface area contributed by atoms with E-state index in [2.05, 4.69) is 36.4 Å². The van der Waals surface area contributed by atoms with Crippen LogP contribution in [0.5, 0.6) is 0 Å². The predicted octanol–water partition coefficient (Wildman–Crippen LogP) is 3.48. The summed E-state index contributed by atoms with van der Waals surface area (Å²) in [6.07, 6.45) is 3.42. The summed E-state index contributed by atoms with van der Waals surface area (Å²) >= 11 is 4.71. The number of nitrogens with one attached hydrogen (secondary N) is 1. The topological polar surface area (TPSA) is 81.9 Å². The van der Waals surface area contributed by atoms with Gasteiger partial charge in [0, 0.05) is 35.2 Å². The third-order valence-electron chi connectivity index (χ3n) is 3.63. The van der Waals surface area contributed by atoms with Gasteiger partial charge >= 0.3 is 0 Å². The first kappa shape index (κ1) is 19.5. The summed E-state index contributed by atoms with van der Waals surface area (Å²) in [5.41, 5.74) is 1.67. The lowest BCUT2D eigenvalue weighted by atomic mass is 10.2. The van der Waals surface area contributed by atoms with Crippen LogP contribution in [0, 0.1) is 0 Å². The Bertz CT molecular complexity index is 887. The summed E-state index contributed by atoms with van der Waals surface area (Å²) in [6, 6.07) is 11.2. The molecule has 0 atom stereocenters. The van der Waals surface area contributed by atoms with Crippen LogP contribution in [0.15, 0.2) is 58.4 Å². The van der Waals surface area contributed by atoms with Gasteiger partial charge in [-0.15, -0.1) is 10.2 Å². The zero-order valence-electron chi connectivity index (χ0n) is 14.6. The minimum Gasteiger partial charge on any atom is -0.383 e. The smallest absolute Gasteiger partial charge is 0.234 e. The van der Waals surface area contributed by atoms with Crippen molar-refractivity contribution in [3.63, 3.8) is 0 Å². The molecule has 140 valence electrons. The molecule has 0 spiro atoms. The van der Waals surface area contributed by atoms with Gasteiger partial charge in [-0.1, -0.05) is 27.7 Å². The summed E-state index contributed by atoms with van der Waals surface area (Å²) in [4.78, 5) is 16.3. The Balaban J connectivity index is 1.69. The highest BCUT2D eigenvalue weighted by molar-refractivity contribution is 9.10. The molecule has 0 aliphatic heterocycles. The first-order valence-corrected chi connectivity index (χ1v) is 9.96. The van der Waals surface area contributed by atoms with Crippen molar-refractivity contribution < 1.29 is 9.53 Å². The average Bonchev–Trinajstić information content (AvgIpc) is 3.10. The van der Waals surface area contributed by atoms with Gasteiger partial charge in [0.05, 0.1) is 18.9 Å². The summed E-state index contributed by atoms with van der Waals surface area (Å²) in [6.45, 7) is 1.12. The fourth-order valence-electron chi connectivity index (χ4n) is 2.35. The fraction of sp³-hybridized carbons (Fsp3) is 0.222. The van der Waals surface area contributed by atoms with E-state index in [1.165, 1.54) is 11.8 Å². The SMILES string of the molecule is COCCn1c(SCC(=O)Nc2ccc(Br)cc2)nnc1-c1ccncc1. The van der Waals surface area contributed by atoms with Gasteiger partial charge in [0.15, 0.2) is 11.0 Å². The molecule has 1 aromatic carbocycles. The van der Waals surface area contributed by atoms with Crippen molar-refractivity contribution in [2.24, 2.45) is 0 Å². The number of pyridine rings is 1. The van der Waals surface area contributed by atoms with Crippen LogP contribution >= 0.6 is 27.7 Å². The molecule has 0 bridgehead atoms. The number of ether oxygens (including phenoxy) is 1. The number of rotatable bonds is 8. The van der Waals surface area contributed by atoms with Crippen molar-refractivity contribution in [2.75, 3.05) is 24.8 Å². The maximum absolute atomic E-state index is 12.2. The minimum atomic E-state index is -0.103. The molecule has 3 rings (SSSR count). The number of nitrogens with zero attached hydrogens (tertiary/aromatic N) is 4. The van der Waals surface area contributed by atoms with E-state index in [1.807, 2.05) is 41.0 Å². The molecular weight excluding hydrogens is 430 g/mol. The molecule has 0 saturated carbocycles. The molecule has 0 fully saturated rings. The molecule has 2 aromatic heterocycles. The molecule has 3 aromatic rings. The number of methoxy groups -OCH3 is 1. The number of aromatic nitrogens is 4. The van der Waals surface area contributed by atoms with Gasteiger partial charge in [0.2, 0.25) is 5.91 Å². The van der Waals surface area contributed by atoms with E-state index < -0.39 is 0 Å². The van der Waals surface area contributed by atoms with Crippen LogP contribution in [-0.4, -0.2) is 45.1 Å². The number of thioether (sulfide) groups is 1. The number of hydrogen-bond donors (Lipinski definition) is 1. The largest absolute Gasteiger partial charge is 0.383 e. The van der Waals surface area contributed by atoms with Gasteiger partial charge in [0.25, 0.3) is 0 Å². The lowest BCUT2D eigenvalue weighted by Crippen LogP contribution is -2.15. The lowest BCUT2D eigenvalue weighted by Gasteiger charge is -2.10. The molecular formula is C18H18BrN5O2S. The van der Waals surface area contributed by atoms with E-state index >= 15 is 0 Å². The van der Waals surface area contributed by atoms with Crippen molar-refractivity contribution >= 4 is 39.3 Å². The molecule has 0 saturated heterocycles. The number of halogens is 1. The quantitative estimate of drug-likeness (QED) is 0.532. The number of amides is 1. The standard InChI is InChI=1S/C18H18BrN5O2S/c1-26-11-10-24-17(13-6-8-20-9-7-13)22-23-18(24)27-12-16(25)21-15-4-2-14(19)3-5-15/h2-9H,10-12H2,1H3,(H,21,25). The molecule has 0 aliphatic rings. The molecule has 7 nitrogen and oxygen atoms in total. The zero-order chi connectivity index (χ0) is 19.1. The highest BCUT2D eigenvalue weighted by Crippen LogP contribution is 2.24. The number of anilines is 1. The van der Waals surface area contributed by atoms with Gasteiger partial charge in [0.1, 0.15) is 0 Å². The molecule has 0 unspecified atom stereocenters. The Morgan fingerprint density at radius 2 is 1.93 bits per heavy atom. The Hall–Kier alpha value is -2.23.